The van der Waals surface area contributed by atoms with Crippen molar-refractivity contribution in [2.45, 2.75) is 46.7 Å². The number of nitrogens with zero attached hydrogens (tertiary/aromatic N) is 1. The highest BCUT2D eigenvalue weighted by Crippen LogP contribution is 2.33. The minimum absolute atomic E-state index is 0.0435. The van der Waals surface area contributed by atoms with E-state index in [0.717, 1.165) is 22.1 Å². The molecule has 2 heterocycles. The third-order valence-electron chi connectivity index (χ3n) is 9.20. The molecular formula is C43H53ClN4O9. The molecule has 0 radical (unpaired) electrons. The van der Waals surface area contributed by atoms with Crippen LogP contribution < -0.4 is 25.4 Å². The number of amides is 4. The normalized spacial score (nSPS) is 13.9. The van der Waals surface area contributed by atoms with Crippen LogP contribution in [0, 0.1) is 11.8 Å². The second kappa shape index (κ2) is 21.7. The molecule has 1 aliphatic heterocycles. The van der Waals surface area contributed by atoms with Crippen molar-refractivity contribution in [3.05, 3.63) is 101 Å². The molecular weight excluding hydrogens is 752 g/mol. The topological polar surface area (TPSA) is 158 Å². The van der Waals surface area contributed by atoms with Crippen LogP contribution in [0.5, 0.6) is 11.5 Å². The lowest BCUT2D eigenvalue weighted by Crippen LogP contribution is -2.55. The Balaban J connectivity index is 0.000000254. The molecule has 4 amide bonds. The molecule has 13 nitrogen and oxygen atoms in total. The van der Waals surface area contributed by atoms with Gasteiger partial charge in [0.2, 0.25) is 11.8 Å². The Bertz CT molecular complexity index is 1950. The molecule has 306 valence electrons. The highest BCUT2D eigenvalue weighted by molar-refractivity contribution is 6.30. The summed E-state index contributed by atoms with van der Waals surface area (Å²) < 4.78 is 26.5. The monoisotopic (exact) mass is 804 g/mol. The van der Waals surface area contributed by atoms with E-state index in [9.17, 15) is 19.2 Å². The maximum absolute atomic E-state index is 12.8. The van der Waals surface area contributed by atoms with Crippen molar-refractivity contribution in [2.24, 2.45) is 11.8 Å². The van der Waals surface area contributed by atoms with Gasteiger partial charge in [0, 0.05) is 42.2 Å². The number of alkyl carbamates (subject to hydrolysis) is 1. The van der Waals surface area contributed by atoms with Gasteiger partial charge in [-0.3, -0.25) is 14.4 Å². The summed E-state index contributed by atoms with van der Waals surface area (Å²) in [5.74, 6) is 0.663. The molecule has 1 fully saturated rings. The van der Waals surface area contributed by atoms with Crippen LogP contribution in [-0.2, 0) is 19.1 Å². The van der Waals surface area contributed by atoms with Crippen LogP contribution in [0.15, 0.2) is 83.3 Å². The van der Waals surface area contributed by atoms with Gasteiger partial charge in [0.15, 0.2) is 17.3 Å². The van der Waals surface area contributed by atoms with Crippen molar-refractivity contribution in [3.63, 3.8) is 0 Å². The van der Waals surface area contributed by atoms with E-state index < -0.39 is 12.1 Å². The van der Waals surface area contributed by atoms with Crippen LogP contribution in [-0.4, -0.2) is 94.5 Å². The molecule has 1 aromatic heterocycles. The van der Waals surface area contributed by atoms with Crippen molar-refractivity contribution in [1.29, 1.82) is 0 Å². The summed E-state index contributed by atoms with van der Waals surface area (Å²) in [5.41, 5.74) is 3.19. The molecule has 5 rings (SSSR count). The van der Waals surface area contributed by atoms with Gasteiger partial charge in [0.05, 0.1) is 34.0 Å². The standard InChI is InChI=1S/C22H31N3O5.C21H22ClNO4/c1-6-29-22(28)25-19(14(4)5)21(27)24-16(13(2)3)12-23-20(26)18-11-15-9-7-8-10-17(15)30-18;1-25-19-8-5-16(13-20(19)26-2)18(15-3-6-17(22)7-4-15)14-21(24)23-9-11-27-12-10-23/h7-11,13-14,16,19H,6,12H2,1-5H3,(H,23,26)(H,24,27)(H,25,28);3-8,13-14H,9-12H2,1-2H3/b;18-14+/t16-,19-;/m0./s1. The number of ether oxygens (including phenoxy) is 4. The van der Waals surface area contributed by atoms with Crippen LogP contribution in [0.1, 0.15) is 56.3 Å². The van der Waals surface area contributed by atoms with E-state index in [1.54, 1.807) is 44.3 Å². The molecule has 57 heavy (non-hydrogen) atoms. The van der Waals surface area contributed by atoms with E-state index in [1.807, 2.05) is 88.4 Å². The van der Waals surface area contributed by atoms with Gasteiger partial charge in [-0.2, -0.15) is 0 Å². The van der Waals surface area contributed by atoms with Crippen molar-refractivity contribution in [2.75, 3.05) is 53.7 Å². The summed E-state index contributed by atoms with van der Waals surface area (Å²) in [7, 11) is 3.18. The van der Waals surface area contributed by atoms with Crippen LogP contribution in [0.3, 0.4) is 0 Å². The van der Waals surface area contributed by atoms with Crippen molar-refractivity contribution >= 4 is 52.0 Å². The maximum atomic E-state index is 12.8. The Kier molecular flexibility index (Phi) is 16.8. The third-order valence-corrected chi connectivity index (χ3v) is 9.45. The fourth-order valence-electron chi connectivity index (χ4n) is 5.91. The average molecular weight is 805 g/mol. The minimum atomic E-state index is -0.739. The van der Waals surface area contributed by atoms with Crippen LogP contribution in [0.2, 0.25) is 5.02 Å². The number of fused-ring (bicyclic) bond motifs is 1. The molecule has 0 saturated carbocycles. The Hall–Kier alpha value is -5.53. The zero-order valence-corrected chi connectivity index (χ0v) is 34.3. The molecule has 2 atom stereocenters. The summed E-state index contributed by atoms with van der Waals surface area (Å²) in [6, 6.07) is 21.0. The molecule has 1 aliphatic rings. The van der Waals surface area contributed by atoms with Crippen LogP contribution >= 0.6 is 11.6 Å². The van der Waals surface area contributed by atoms with E-state index in [2.05, 4.69) is 16.0 Å². The average Bonchev–Trinajstić information content (AvgIpc) is 3.66. The van der Waals surface area contributed by atoms with E-state index in [1.165, 1.54) is 0 Å². The number of carbonyl (C=O) groups is 4. The zero-order valence-electron chi connectivity index (χ0n) is 33.6. The number of carbonyl (C=O) groups excluding carboxylic acids is 4. The summed E-state index contributed by atoms with van der Waals surface area (Å²) >= 11 is 6.03. The molecule has 0 spiro atoms. The molecule has 3 N–H and O–H groups in total. The van der Waals surface area contributed by atoms with Crippen molar-refractivity contribution < 1.29 is 42.5 Å². The van der Waals surface area contributed by atoms with Crippen LogP contribution in [0.4, 0.5) is 4.79 Å². The number of halogens is 1. The van der Waals surface area contributed by atoms with Gasteiger partial charge in [0.25, 0.3) is 5.91 Å². The van der Waals surface area contributed by atoms with E-state index in [4.69, 9.17) is 35.0 Å². The van der Waals surface area contributed by atoms with E-state index in [0.29, 0.717) is 48.4 Å². The molecule has 3 aromatic carbocycles. The highest BCUT2D eigenvalue weighted by Gasteiger charge is 2.28. The van der Waals surface area contributed by atoms with Gasteiger partial charge in [-0.25, -0.2) is 4.79 Å². The van der Waals surface area contributed by atoms with E-state index >= 15 is 0 Å². The summed E-state index contributed by atoms with van der Waals surface area (Å²) in [6.45, 7) is 12.0. The highest BCUT2D eigenvalue weighted by atomic mass is 35.5. The van der Waals surface area contributed by atoms with Gasteiger partial charge in [-0.05, 0) is 71.9 Å². The Morgan fingerprint density at radius 2 is 1.51 bits per heavy atom. The molecule has 1 saturated heterocycles. The zero-order chi connectivity index (χ0) is 41.5. The summed E-state index contributed by atoms with van der Waals surface area (Å²) in [4.78, 5) is 51.6. The number of methoxy groups -OCH3 is 2. The second-order valence-corrected chi connectivity index (χ2v) is 14.3. The number of furan rings is 1. The molecule has 0 unspecified atom stereocenters. The molecule has 4 aromatic rings. The van der Waals surface area contributed by atoms with Gasteiger partial charge < -0.3 is 44.2 Å². The fourth-order valence-corrected chi connectivity index (χ4v) is 6.04. The lowest BCUT2D eigenvalue weighted by Gasteiger charge is -2.27. The predicted molar refractivity (Wildman–Crippen MR) is 220 cm³/mol. The first kappa shape index (κ1) is 44.2. The first-order valence-corrected chi connectivity index (χ1v) is 19.3. The Morgan fingerprint density at radius 3 is 2.12 bits per heavy atom. The molecule has 0 aliphatic carbocycles. The number of benzene rings is 3. The smallest absolute Gasteiger partial charge is 0.407 e. The number of rotatable bonds is 14. The number of hydrogen-bond acceptors (Lipinski definition) is 9. The Morgan fingerprint density at radius 1 is 0.842 bits per heavy atom. The second-order valence-electron chi connectivity index (χ2n) is 13.9. The summed E-state index contributed by atoms with van der Waals surface area (Å²) in [5, 5.41) is 9.82. The lowest BCUT2D eigenvalue weighted by molar-refractivity contribution is -0.130. The number of hydrogen-bond donors (Lipinski definition) is 3. The maximum Gasteiger partial charge on any atom is 0.407 e. The number of para-hydroxylation sites is 1. The van der Waals surface area contributed by atoms with Gasteiger partial charge >= 0.3 is 6.09 Å². The Labute approximate surface area is 339 Å². The van der Waals surface area contributed by atoms with Crippen molar-refractivity contribution in [1.82, 2.24) is 20.9 Å². The first-order valence-electron chi connectivity index (χ1n) is 18.9. The first-order chi connectivity index (χ1) is 27.3. The molecule has 14 heteroatoms. The molecule has 0 bridgehead atoms. The van der Waals surface area contributed by atoms with E-state index in [-0.39, 0.29) is 54.5 Å². The largest absolute Gasteiger partial charge is 0.493 e. The summed E-state index contributed by atoms with van der Waals surface area (Å²) in [6.07, 6.45) is 1.03. The number of morpholine rings is 1. The number of nitrogens with one attached hydrogen (secondary N) is 3. The van der Waals surface area contributed by atoms with Crippen LogP contribution in [0.25, 0.3) is 16.5 Å². The third kappa shape index (κ3) is 12.7. The minimum Gasteiger partial charge on any atom is -0.493 e. The SMILES string of the molecule is CCOC(=O)N[C@H](C(=O)N[C@@H](CNC(=O)c1cc2ccccc2o1)C(C)C)C(C)C.COc1ccc(/C(=C/C(=O)N2CCOCC2)c2ccc(Cl)cc2)cc1OC. The van der Waals surface area contributed by atoms with Gasteiger partial charge in [-0.15, -0.1) is 0 Å². The van der Waals surface area contributed by atoms with Gasteiger partial charge in [-0.1, -0.05) is 75.7 Å². The quantitative estimate of drug-likeness (QED) is 0.118. The van der Waals surface area contributed by atoms with Crippen molar-refractivity contribution in [3.8, 4) is 11.5 Å². The predicted octanol–water partition coefficient (Wildman–Crippen LogP) is 6.72. The van der Waals surface area contributed by atoms with Gasteiger partial charge in [0.1, 0.15) is 11.6 Å². The lowest BCUT2D eigenvalue weighted by atomic mass is 9.96. The fraction of sp³-hybridized carbons (Fsp3) is 0.395.